The van der Waals surface area contributed by atoms with Gasteiger partial charge in [0, 0.05) is 18.2 Å². The van der Waals surface area contributed by atoms with Crippen molar-refractivity contribution in [2.45, 2.75) is 31.8 Å². The van der Waals surface area contributed by atoms with Crippen LogP contribution in [0.3, 0.4) is 0 Å². The van der Waals surface area contributed by atoms with Crippen LogP contribution in [-0.2, 0) is 0 Å². The number of hydrogen-bond donors (Lipinski definition) is 2. The van der Waals surface area contributed by atoms with Gasteiger partial charge in [0.15, 0.2) is 0 Å². The molecule has 2 rings (SSSR count). The average Bonchev–Trinajstić information content (AvgIpc) is 2.29. The number of benzene rings is 1. The summed E-state index contributed by atoms with van der Waals surface area (Å²) in [5, 5.41) is 13.2. The highest BCUT2D eigenvalue weighted by Crippen LogP contribution is 2.24. The van der Waals surface area contributed by atoms with Crippen LogP contribution in [0.15, 0.2) is 30.3 Å². The molecule has 15 heavy (non-hydrogen) atoms. The number of rotatable bonds is 3. The van der Waals surface area contributed by atoms with E-state index in [9.17, 15) is 5.11 Å². The van der Waals surface area contributed by atoms with Crippen LogP contribution in [0.5, 0.6) is 0 Å². The lowest BCUT2D eigenvalue weighted by Crippen LogP contribution is -2.30. The second-order valence-electron chi connectivity index (χ2n) is 4.36. The van der Waals surface area contributed by atoms with Gasteiger partial charge in [0.1, 0.15) is 0 Å². The van der Waals surface area contributed by atoms with Crippen molar-refractivity contribution in [1.82, 2.24) is 0 Å². The lowest BCUT2D eigenvalue weighted by Gasteiger charge is -2.27. The normalized spacial score (nSPS) is 26.2. The first-order valence-corrected chi connectivity index (χ1v) is 5.83. The summed E-state index contributed by atoms with van der Waals surface area (Å²) >= 11 is 0. The van der Waals surface area contributed by atoms with E-state index < -0.39 is 0 Å². The maximum atomic E-state index is 9.81. The fraction of sp³-hybridized carbons (Fsp3) is 0.538. The predicted octanol–water partition coefficient (Wildman–Crippen LogP) is 2.65. The lowest BCUT2D eigenvalue weighted by atomic mass is 9.86. The van der Waals surface area contributed by atoms with E-state index in [2.05, 4.69) is 17.4 Å². The maximum Gasteiger partial charge on any atom is 0.0585 e. The molecule has 0 heterocycles. The Bertz CT molecular complexity index is 286. The van der Waals surface area contributed by atoms with E-state index in [4.69, 9.17) is 0 Å². The van der Waals surface area contributed by atoms with Gasteiger partial charge in [-0.3, -0.25) is 0 Å². The molecular weight excluding hydrogens is 186 g/mol. The summed E-state index contributed by atoms with van der Waals surface area (Å²) in [5.74, 6) is 0.430. The van der Waals surface area contributed by atoms with E-state index in [1.807, 2.05) is 18.2 Å². The molecule has 0 bridgehead atoms. The SMILES string of the molecule is O[C@@H]1CCCC[C@H]1CNc1ccccc1. The molecule has 2 N–H and O–H groups in total. The quantitative estimate of drug-likeness (QED) is 0.795. The molecular formula is C13H19NO. The van der Waals surface area contributed by atoms with Crippen LogP contribution in [0.25, 0.3) is 0 Å². The molecule has 1 aromatic rings. The van der Waals surface area contributed by atoms with Crippen LogP contribution < -0.4 is 5.32 Å². The molecule has 0 saturated heterocycles. The number of nitrogens with one attached hydrogen (secondary N) is 1. The van der Waals surface area contributed by atoms with E-state index >= 15 is 0 Å². The molecule has 82 valence electrons. The minimum absolute atomic E-state index is 0.102. The Labute approximate surface area is 91.3 Å². The first kappa shape index (κ1) is 10.5. The molecule has 1 aliphatic carbocycles. The molecule has 1 aromatic carbocycles. The van der Waals surface area contributed by atoms with Gasteiger partial charge in [0.05, 0.1) is 6.10 Å². The summed E-state index contributed by atoms with van der Waals surface area (Å²) in [6, 6.07) is 10.2. The highest BCUT2D eigenvalue weighted by Gasteiger charge is 2.22. The minimum atomic E-state index is -0.102. The second-order valence-corrected chi connectivity index (χ2v) is 4.36. The average molecular weight is 205 g/mol. The summed E-state index contributed by atoms with van der Waals surface area (Å²) in [6.07, 6.45) is 4.47. The minimum Gasteiger partial charge on any atom is -0.393 e. The van der Waals surface area contributed by atoms with Crippen molar-refractivity contribution in [2.24, 2.45) is 5.92 Å². The Kier molecular flexibility index (Phi) is 3.62. The van der Waals surface area contributed by atoms with Crippen molar-refractivity contribution in [3.8, 4) is 0 Å². The Morgan fingerprint density at radius 1 is 1.13 bits per heavy atom. The molecule has 0 aromatic heterocycles. The fourth-order valence-electron chi connectivity index (χ4n) is 2.23. The zero-order valence-electron chi connectivity index (χ0n) is 9.02. The van der Waals surface area contributed by atoms with Crippen molar-refractivity contribution in [3.05, 3.63) is 30.3 Å². The molecule has 0 radical (unpaired) electrons. The predicted molar refractivity (Wildman–Crippen MR) is 62.9 cm³/mol. The number of aliphatic hydroxyl groups excluding tert-OH is 1. The van der Waals surface area contributed by atoms with E-state index in [0.29, 0.717) is 5.92 Å². The van der Waals surface area contributed by atoms with E-state index in [0.717, 1.165) is 25.1 Å². The zero-order valence-corrected chi connectivity index (χ0v) is 9.02. The zero-order chi connectivity index (χ0) is 10.5. The fourth-order valence-corrected chi connectivity index (χ4v) is 2.23. The van der Waals surface area contributed by atoms with E-state index in [-0.39, 0.29) is 6.10 Å². The van der Waals surface area contributed by atoms with Crippen molar-refractivity contribution < 1.29 is 5.11 Å². The lowest BCUT2D eigenvalue weighted by molar-refractivity contribution is 0.0763. The third-order valence-electron chi connectivity index (χ3n) is 3.21. The van der Waals surface area contributed by atoms with Gasteiger partial charge < -0.3 is 10.4 Å². The Morgan fingerprint density at radius 2 is 1.87 bits per heavy atom. The molecule has 1 saturated carbocycles. The molecule has 1 aliphatic rings. The molecule has 0 aliphatic heterocycles. The number of aliphatic hydroxyl groups is 1. The van der Waals surface area contributed by atoms with Gasteiger partial charge in [0.2, 0.25) is 0 Å². The van der Waals surface area contributed by atoms with Gasteiger partial charge in [-0.1, -0.05) is 31.0 Å². The standard InChI is InChI=1S/C13H19NO/c15-13-9-5-4-6-11(13)10-14-12-7-2-1-3-8-12/h1-3,7-8,11,13-15H,4-6,9-10H2/t11-,13+/m0/s1. The molecule has 2 heteroatoms. The molecule has 0 unspecified atom stereocenters. The van der Waals surface area contributed by atoms with Gasteiger partial charge in [-0.05, 0) is 25.0 Å². The molecule has 2 atom stereocenters. The summed E-state index contributed by atoms with van der Waals surface area (Å²) in [5.41, 5.74) is 1.15. The van der Waals surface area contributed by atoms with Gasteiger partial charge in [-0.2, -0.15) is 0 Å². The van der Waals surface area contributed by atoms with E-state index in [1.165, 1.54) is 12.8 Å². The summed E-state index contributed by atoms with van der Waals surface area (Å²) in [6.45, 7) is 0.894. The summed E-state index contributed by atoms with van der Waals surface area (Å²) < 4.78 is 0. The van der Waals surface area contributed by atoms with Crippen molar-refractivity contribution >= 4 is 5.69 Å². The van der Waals surface area contributed by atoms with Crippen LogP contribution in [0, 0.1) is 5.92 Å². The number of para-hydroxylation sites is 1. The third kappa shape index (κ3) is 2.96. The summed E-state index contributed by atoms with van der Waals surface area (Å²) in [4.78, 5) is 0. The van der Waals surface area contributed by atoms with Gasteiger partial charge >= 0.3 is 0 Å². The van der Waals surface area contributed by atoms with Crippen molar-refractivity contribution in [3.63, 3.8) is 0 Å². The topological polar surface area (TPSA) is 32.3 Å². The number of anilines is 1. The van der Waals surface area contributed by atoms with Crippen molar-refractivity contribution in [2.75, 3.05) is 11.9 Å². The second kappa shape index (κ2) is 5.17. The number of hydrogen-bond acceptors (Lipinski definition) is 2. The van der Waals surface area contributed by atoms with Gasteiger partial charge in [-0.15, -0.1) is 0 Å². The third-order valence-corrected chi connectivity index (χ3v) is 3.21. The first-order valence-electron chi connectivity index (χ1n) is 5.83. The Morgan fingerprint density at radius 3 is 2.60 bits per heavy atom. The molecule has 2 nitrogen and oxygen atoms in total. The maximum absolute atomic E-state index is 9.81. The molecule has 0 spiro atoms. The summed E-state index contributed by atoms with van der Waals surface area (Å²) in [7, 11) is 0. The Balaban J connectivity index is 1.82. The van der Waals surface area contributed by atoms with E-state index in [1.54, 1.807) is 0 Å². The highest BCUT2D eigenvalue weighted by molar-refractivity contribution is 5.42. The smallest absolute Gasteiger partial charge is 0.0585 e. The highest BCUT2D eigenvalue weighted by atomic mass is 16.3. The largest absolute Gasteiger partial charge is 0.393 e. The van der Waals surface area contributed by atoms with Crippen LogP contribution in [0.2, 0.25) is 0 Å². The Hall–Kier alpha value is -1.02. The monoisotopic (exact) mass is 205 g/mol. The van der Waals surface area contributed by atoms with Crippen LogP contribution in [0.4, 0.5) is 5.69 Å². The first-order chi connectivity index (χ1) is 7.36. The van der Waals surface area contributed by atoms with Crippen LogP contribution >= 0.6 is 0 Å². The van der Waals surface area contributed by atoms with Gasteiger partial charge in [-0.25, -0.2) is 0 Å². The van der Waals surface area contributed by atoms with Crippen LogP contribution in [-0.4, -0.2) is 17.8 Å². The molecule has 1 fully saturated rings. The van der Waals surface area contributed by atoms with Crippen LogP contribution in [0.1, 0.15) is 25.7 Å². The van der Waals surface area contributed by atoms with Crippen molar-refractivity contribution in [1.29, 1.82) is 0 Å². The van der Waals surface area contributed by atoms with Gasteiger partial charge in [0.25, 0.3) is 0 Å². The molecule has 0 amide bonds.